The van der Waals surface area contributed by atoms with E-state index in [1.807, 2.05) is 49.2 Å². The van der Waals surface area contributed by atoms with Gasteiger partial charge in [-0.3, -0.25) is 9.67 Å². The van der Waals surface area contributed by atoms with Crippen molar-refractivity contribution in [2.24, 2.45) is 7.05 Å². The van der Waals surface area contributed by atoms with Crippen LogP contribution in [0.5, 0.6) is 17.6 Å². The molecule has 3 aromatic heterocycles. The number of fused-ring (bicyclic) bond motifs is 2. The first-order valence-electron chi connectivity index (χ1n) is 9.78. The van der Waals surface area contributed by atoms with Crippen LogP contribution in [-0.4, -0.2) is 36.9 Å². The quantitative estimate of drug-likeness (QED) is 0.466. The number of nitrogens with zero attached hydrogens (tertiary/aromatic N) is 6. The molecule has 0 atom stereocenters. The average Bonchev–Trinajstić information content (AvgIpc) is 3.15. The van der Waals surface area contributed by atoms with Crippen molar-refractivity contribution in [1.82, 2.24) is 24.7 Å². The predicted octanol–water partition coefficient (Wildman–Crippen LogP) is 4.05. The summed E-state index contributed by atoms with van der Waals surface area (Å²) in [4.78, 5) is 14.5. The van der Waals surface area contributed by atoms with Crippen molar-refractivity contribution < 1.29 is 9.84 Å². The minimum Gasteiger partial charge on any atom is -0.493 e. The number of benzene rings is 2. The molecular weight excluding hydrogens is 392 g/mol. The van der Waals surface area contributed by atoms with E-state index in [0.717, 1.165) is 28.7 Å². The van der Waals surface area contributed by atoms with E-state index >= 15 is 0 Å². The first-order valence-corrected chi connectivity index (χ1v) is 9.78. The summed E-state index contributed by atoms with van der Waals surface area (Å²) in [6.07, 6.45) is 5.16. The van der Waals surface area contributed by atoms with Crippen LogP contribution >= 0.6 is 0 Å². The number of anilines is 1. The molecule has 0 radical (unpaired) electrons. The van der Waals surface area contributed by atoms with Gasteiger partial charge in [-0.15, -0.1) is 0 Å². The number of ether oxygens (including phenoxy) is 1. The van der Waals surface area contributed by atoms with E-state index in [4.69, 9.17) is 4.74 Å². The first kappa shape index (κ1) is 18.8. The van der Waals surface area contributed by atoms with Gasteiger partial charge in [-0.2, -0.15) is 15.1 Å². The van der Waals surface area contributed by atoms with Crippen LogP contribution in [0.3, 0.4) is 0 Å². The van der Waals surface area contributed by atoms with Gasteiger partial charge in [0.15, 0.2) is 0 Å². The minimum atomic E-state index is -0.137. The van der Waals surface area contributed by atoms with Gasteiger partial charge in [0.2, 0.25) is 5.88 Å². The summed E-state index contributed by atoms with van der Waals surface area (Å²) in [5, 5.41) is 16.3. The molecule has 0 amide bonds. The zero-order chi connectivity index (χ0) is 21.4. The summed E-state index contributed by atoms with van der Waals surface area (Å²) in [7, 11) is 3.97. The molecule has 0 spiro atoms. The second-order valence-electron chi connectivity index (χ2n) is 7.33. The van der Waals surface area contributed by atoms with Gasteiger partial charge in [-0.25, -0.2) is 0 Å². The van der Waals surface area contributed by atoms with E-state index in [-0.39, 0.29) is 11.9 Å². The third-order valence-electron chi connectivity index (χ3n) is 5.09. The highest BCUT2D eigenvalue weighted by Crippen LogP contribution is 2.27. The second-order valence-corrected chi connectivity index (χ2v) is 7.33. The number of hydrogen-bond acceptors (Lipinski definition) is 7. The van der Waals surface area contributed by atoms with E-state index in [0.29, 0.717) is 16.7 Å². The van der Waals surface area contributed by atoms with Crippen LogP contribution in [0.15, 0.2) is 67.1 Å². The Morgan fingerprint density at radius 3 is 2.74 bits per heavy atom. The van der Waals surface area contributed by atoms with E-state index in [9.17, 15) is 5.11 Å². The average molecular weight is 412 g/mol. The molecule has 0 bridgehead atoms. The molecule has 3 heterocycles. The van der Waals surface area contributed by atoms with Gasteiger partial charge in [-0.1, -0.05) is 18.2 Å². The molecule has 0 saturated heterocycles. The molecule has 5 aromatic rings. The lowest BCUT2D eigenvalue weighted by molar-refractivity contribution is 0.412. The van der Waals surface area contributed by atoms with Crippen LogP contribution in [0.25, 0.3) is 21.8 Å². The zero-order valence-electron chi connectivity index (χ0n) is 17.1. The summed E-state index contributed by atoms with van der Waals surface area (Å²) in [5.41, 5.74) is 3.73. The zero-order valence-corrected chi connectivity index (χ0v) is 17.1. The maximum absolute atomic E-state index is 10.1. The predicted molar refractivity (Wildman–Crippen MR) is 118 cm³/mol. The maximum atomic E-state index is 10.1. The third kappa shape index (κ3) is 3.71. The van der Waals surface area contributed by atoms with Crippen LogP contribution < -0.4 is 9.64 Å². The Hall–Kier alpha value is -4.20. The number of aryl methyl sites for hydroxylation is 1. The van der Waals surface area contributed by atoms with Gasteiger partial charge in [0.1, 0.15) is 5.75 Å². The number of pyridine rings is 1. The van der Waals surface area contributed by atoms with Crippen molar-refractivity contribution in [3.63, 3.8) is 0 Å². The largest absolute Gasteiger partial charge is 0.493 e. The highest BCUT2D eigenvalue weighted by molar-refractivity contribution is 5.82. The standard InChI is InChI=1S/C23H20N6O2/c1-28(13-15-4-3-5-16-14-29(2)27-21(15)16)17-6-8-18(9-7-17)31-23-25-20-12-24-11-10-19(20)22(30)26-23/h3-12,14H,13H2,1-2H3,(H,25,26,30). The van der Waals surface area contributed by atoms with E-state index in [1.165, 1.54) is 0 Å². The Morgan fingerprint density at radius 2 is 1.90 bits per heavy atom. The number of aromatic hydroxyl groups is 1. The van der Waals surface area contributed by atoms with Crippen molar-refractivity contribution in [2.45, 2.75) is 6.54 Å². The SMILES string of the molecule is CN(Cc1cccc2cn(C)nc12)c1ccc(Oc2nc(O)c3ccncc3n2)cc1. The van der Waals surface area contributed by atoms with Crippen molar-refractivity contribution in [3.05, 3.63) is 72.7 Å². The molecule has 31 heavy (non-hydrogen) atoms. The highest BCUT2D eigenvalue weighted by atomic mass is 16.5. The molecule has 1 N–H and O–H groups in total. The van der Waals surface area contributed by atoms with Gasteiger partial charge < -0.3 is 14.7 Å². The molecule has 0 aliphatic heterocycles. The molecule has 154 valence electrons. The second kappa shape index (κ2) is 7.56. The van der Waals surface area contributed by atoms with Gasteiger partial charge >= 0.3 is 6.01 Å². The normalized spacial score (nSPS) is 11.2. The van der Waals surface area contributed by atoms with Gasteiger partial charge in [-0.05, 0) is 35.9 Å². The van der Waals surface area contributed by atoms with E-state index in [1.54, 1.807) is 18.5 Å². The Bertz CT molecular complexity index is 1380. The van der Waals surface area contributed by atoms with Crippen molar-refractivity contribution in [3.8, 4) is 17.6 Å². The van der Waals surface area contributed by atoms with Crippen LogP contribution in [-0.2, 0) is 13.6 Å². The van der Waals surface area contributed by atoms with Gasteiger partial charge in [0.05, 0.1) is 22.6 Å². The first-order chi connectivity index (χ1) is 15.1. The van der Waals surface area contributed by atoms with E-state index < -0.39 is 0 Å². The fourth-order valence-corrected chi connectivity index (χ4v) is 3.56. The van der Waals surface area contributed by atoms with Crippen molar-refractivity contribution >= 4 is 27.5 Å². The third-order valence-corrected chi connectivity index (χ3v) is 5.09. The lowest BCUT2D eigenvalue weighted by atomic mass is 10.1. The molecule has 0 aliphatic rings. The molecule has 0 aliphatic carbocycles. The van der Waals surface area contributed by atoms with Gasteiger partial charge in [0, 0.05) is 44.1 Å². The Morgan fingerprint density at radius 1 is 1.06 bits per heavy atom. The summed E-state index contributed by atoms with van der Waals surface area (Å²) in [5.74, 6) is 0.439. The minimum absolute atomic E-state index is 0.0703. The van der Waals surface area contributed by atoms with Crippen LogP contribution in [0, 0.1) is 0 Å². The fraction of sp³-hybridized carbons (Fsp3) is 0.130. The lowest BCUT2D eigenvalue weighted by Gasteiger charge is -2.20. The van der Waals surface area contributed by atoms with E-state index in [2.05, 4.69) is 43.1 Å². The lowest BCUT2D eigenvalue weighted by Crippen LogP contribution is -2.16. The van der Waals surface area contributed by atoms with Crippen molar-refractivity contribution in [2.75, 3.05) is 11.9 Å². The molecule has 8 nitrogen and oxygen atoms in total. The summed E-state index contributed by atoms with van der Waals surface area (Å²) in [6.45, 7) is 0.725. The summed E-state index contributed by atoms with van der Waals surface area (Å²) >= 11 is 0. The van der Waals surface area contributed by atoms with Gasteiger partial charge in [0.25, 0.3) is 0 Å². The van der Waals surface area contributed by atoms with Crippen LogP contribution in [0.1, 0.15) is 5.56 Å². The fourth-order valence-electron chi connectivity index (χ4n) is 3.56. The number of hydrogen-bond donors (Lipinski definition) is 1. The smallest absolute Gasteiger partial charge is 0.325 e. The molecule has 8 heteroatoms. The molecule has 0 unspecified atom stereocenters. The van der Waals surface area contributed by atoms with Crippen molar-refractivity contribution in [1.29, 1.82) is 0 Å². The van der Waals surface area contributed by atoms with Crippen LogP contribution in [0.2, 0.25) is 0 Å². The monoisotopic (exact) mass is 412 g/mol. The molecule has 0 fully saturated rings. The molecule has 2 aromatic carbocycles. The van der Waals surface area contributed by atoms with Crippen LogP contribution in [0.4, 0.5) is 5.69 Å². The number of rotatable bonds is 5. The molecule has 5 rings (SSSR count). The molecule has 0 saturated carbocycles. The Labute approximate surface area is 178 Å². The maximum Gasteiger partial charge on any atom is 0.325 e. The Balaban J connectivity index is 1.34. The summed E-state index contributed by atoms with van der Waals surface area (Å²) < 4.78 is 7.58. The highest BCUT2D eigenvalue weighted by Gasteiger charge is 2.11. The number of aromatic nitrogens is 5. The Kier molecular flexibility index (Phi) is 4.59. The molecular formula is C23H20N6O2. The summed E-state index contributed by atoms with van der Waals surface area (Å²) in [6, 6.07) is 15.6. The topological polar surface area (TPSA) is 89.2 Å².